The summed E-state index contributed by atoms with van der Waals surface area (Å²) in [5, 5.41) is 10.4. The first-order valence-corrected chi connectivity index (χ1v) is 10.9. The van der Waals surface area contributed by atoms with Crippen LogP contribution in [0.15, 0.2) is 72.8 Å². The molecule has 1 atom stereocenters. The minimum Gasteiger partial charge on any atom is -0.507 e. The van der Waals surface area contributed by atoms with Crippen molar-refractivity contribution in [3.8, 4) is 11.5 Å². The van der Waals surface area contributed by atoms with Crippen molar-refractivity contribution in [2.75, 3.05) is 25.1 Å². The third kappa shape index (κ3) is 3.40. The van der Waals surface area contributed by atoms with Gasteiger partial charge in [-0.3, -0.25) is 0 Å². The van der Waals surface area contributed by atoms with E-state index in [1.165, 1.54) is 31.7 Å². The molecule has 0 aromatic heterocycles. The predicted molar refractivity (Wildman–Crippen MR) is 124 cm³/mol. The van der Waals surface area contributed by atoms with Gasteiger partial charge in [-0.2, -0.15) is 0 Å². The number of rotatable bonds is 4. The molecule has 5 heteroatoms. The van der Waals surface area contributed by atoms with Crippen molar-refractivity contribution in [3.63, 3.8) is 0 Å². The van der Waals surface area contributed by atoms with E-state index in [0.29, 0.717) is 11.3 Å². The van der Waals surface area contributed by atoms with Gasteiger partial charge in [-0.05, 0) is 37.1 Å². The third-order valence-electron chi connectivity index (χ3n) is 6.27. The van der Waals surface area contributed by atoms with Crippen LogP contribution in [0.5, 0.6) is 11.5 Å². The molecule has 1 fully saturated rings. The Morgan fingerprint density at radius 2 is 1.69 bits per heavy atom. The summed E-state index contributed by atoms with van der Waals surface area (Å²) in [6.07, 6.45) is 6.41. The van der Waals surface area contributed by atoms with E-state index in [2.05, 4.69) is 29.2 Å². The van der Waals surface area contributed by atoms with E-state index in [0.717, 1.165) is 24.2 Å². The maximum Gasteiger partial charge on any atom is 0.341 e. The van der Waals surface area contributed by atoms with Gasteiger partial charge in [0.1, 0.15) is 17.1 Å². The first-order valence-electron chi connectivity index (χ1n) is 10.9. The number of nitrogens with zero attached hydrogens (tertiary/aromatic N) is 1. The monoisotopic (exact) mass is 427 g/mol. The highest BCUT2D eigenvalue weighted by Gasteiger charge is 2.37. The fourth-order valence-electron chi connectivity index (χ4n) is 4.55. The first kappa shape index (κ1) is 20.2. The van der Waals surface area contributed by atoms with Gasteiger partial charge >= 0.3 is 5.97 Å². The van der Waals surface area contributed by atoms with Crippen LogP contribution in [-0.2, 0) is 10.3 Å². The number of benzene rings is 3. The number of phenols is 1. The third-order valence-corrected chi connectivity index (χ3v) is 6.27. The van der Waals surface area contributed by atoms with Crippen LogP contribution < -0.4 is 9.64 Å². The number of carbonyl (C=O) groups is 1. The SMILES string of the molecule is COC(=O)c1cc2c(cc1O)OC(c1ccccc1)(c1ccc(N3CCCC3)cc1)C=C2. The van der Waals surface area contributed by atoms with Gasteiger partial charge in [-0.25, -0.2) is 4.79 Å². The van der Waals surface area contributed by atoms with E-state index in [9.17, 15) is 9.90 Å². The van der Waals surface area contributed by atoms with Crippen LogP contribution in [-0.4, -0.2) is 31.3 Å². The summed E-state index contributed by atoms with van der Waals surface area (Å²) < 4.78 is 11.4. The highest BCUT2D eigenvalue weighted by atomic mass is 16.5. The number of anilines is 1. The van der Waals surface area contributed by atoms with Crippen molar-refractivity contribution in [2.24, 2.45) is 0 Å². The molecule has 3 aromatic carbocycles. The fourth-order valence-corrected chi connectivity index (χ4v) is 4.55. The highest BCUT2D eigenvalue weighted by molar-refractivity contribution is 5.93. The van der Waals surface area contributed by atoms with Crippen LogP contribution in [0.3, 0.4) is 0 Å². The van der Waals surface area contributed by atoms with Crippen molar-refractivity contribution < 1.29 is 19.4 Å². The number of ether oxygens (including phenoxy) is 2. The molecule has 0 radical (unpaired) electrons. The average Bonchev–Trinajstić information content (AvgIpc) is 3.38. The molecule has 0 aliphatic carbocycles. The summed E-state index contributed by atoms with van der Waals surface area (Å²) in [6.45, 7) is 2.18. The number of esters is 1. The van der Waals surface area contributed by atoms with E-state index < -0.39 is 11.6 Å². The number of methoxy groups -OCH3 is 1. The molecule has 2 aliphatic heterocycles. The standard InChI is InChI=1S/C27H25NO4/c1-31-26(30)23-17-19-13-14-27(20-7-3-2-4-8-20,32-25(19)18-24(23)29)21-9-11-22(12-10-21)28-15-5-6-16-28/h2-4,7-14,17-18,29H,5-6,15-16H2,1H3. The van der Waals surface area contributed by atoms with Crippen molar-refractivity contribution in [3.05, 3.63) is 95.1 Å². The number of hydrogen-bond acceptors (Lipinski definition) is 5. The Kier molecular flexibility index (Phi) is 5.10. The Hall–Kier alpha value is -3.73. The van der Waals surface area contributed by atoms with Gasteiger partial charge in [0.2, 0.25) is 0 Å². The van der Waals surface area contributed by atoms with Crippen LogP contribution in [0, 0.1) is 0 Å². The zero-order valence-corrected chi connectivity index (χ0v) is 18.0. The predicted octanol–water partition coefficient (Wildman–Crippen LogP) is 5.13. The zero-order valence-electron chi connectivity index (χ0n) is 18.0. The van der Waals surface area contributed by atoms with Gasteiger partial charge in [-0.1, -0.05) is 48.5 Å². The summed E-state index contributed by atoms with van der Waals surface area (Å²) >= 11 is 0. The molecule has 5 nitrogen and oxygen atoms in total. The van der Waals surface area contributed by atoms with Crippen molar-refractivity contribution in [1.29, 1.82) is 0 Å². The van der Waals surface area contributed by atoms with Crippen molar-refractivity contribution in [2.45, 2.75) is 18.4 Å². The molecule has 5 rings (SSSR count). The fraction of sp³-hybridized carbons (Fsp3) is 0.222. The van der Waals surface area contributed by atoms with Crippen molar-refractivity contribution >= 4 is 17.7 Å². The summed E-state index contributed by atoms with van der Waals surface area (Å²) in [6, 6.07) is 21.6. The Balaban J connectivity index is 1.59. The lowest BCUT2D eigenvalue weighted by atomic mass is 9.83. The van der Waals surface area contributed by atoms with Gasteiger partial charge < -0.3 is 19.5 Å². The lowest BCUT2D eigenvalue weighted by molar-refractivity contribution is 0.0597. The number of aromatic hydroxyl groups is 1. The second kappa shape index (κ2) is 8.08. The van der Waals surface area contributed by atoms with Gasteiger partial charge in [0.05, 0.1) is 7.11 Å². The maximum atomic E-state index is 12.0. The van der Waals surface area contributed by atoms with Gasteiger partial charge in [0.15, 0.2) is 5.60 Å². The van der Waals surface area contributed by atoms with Crippen LogP contribution in [0.2, 0.25) is 0 Å². The Bertz CT molecular complexity index is 1160. The molecule has 3 aromatic rings. The smallest absolute Gasteiger partial charge is 0.341 e. The topological polar surface area (TPSA) is 59.0 Å². The summed E-state index contributed by atoms with van der Waals surface area (Å²) in [5.74, 6) is -0.251. The van der Waals surface area contributed by atoms with Crippen LogP contribution >= 0.6 is 0 Å². The molecule has 2 heterocycles. The second-order valence-corrected chi connectivity index (χ2v) is 8.18. The molecule has 0 amide bonds. The van der Waals surface area contributed by atoms with Crippen LogP contribution in [0.4, 0.5) is 5.69 Å². The summed E-state index contributed by atoms with van der Waals surface area (Å²) in [7, 11) is 1.29. The molecule has 0 bridgehead atoms. The number of hydrogen-bond donors (Lipinski definition) is 1. The molecule has 1 N–H and O–H groups in total. The van der Waals surface area contributed by atoms with Crippen molar-refractivity contribution in [1.82, 2.24) is 0 Å². The van der Waals surface area contributed by atoms with E-state index >= 15 is 0 Å². The Morgan fingerprint density at radius 1 is 1.00 bits per heavy atom. The lowest BCUT2D eigenvalue weighted by Gasteiger charge is -2.36. The van der Waals surface area contributed by atoms with Gasteiger partial charge in [-0.15, -0.1) is 0 Å². The van der Waals surface area contributed by atoms with Crippen LogP contribution in [0.1, 0.15) is 39.9 Å². The van der Waals surface area contributed by atoms with Crippen LogP contribution in [0.25, 0.3) is 6.08 Å². The molecule has 1 saturated heterocycles. The first-order chi connectivity index (χ1) is 15.6. The highest BCUT2D eigenvalue weighted by Crippen LogP contribution is 2.44. The number of phenolic OH excluding ortho intramolecular Hbond substituents is 1. The summed E-state index contributed by atoms with van der Waals surface area (Å²) in [5.41, 5.74) is 3.16. The minimum atomic E-state index is -0.850. The largest absolute Gasteiger partial charge is 0.507 e. The lowest BCUT2D eigenvalue weighted by Crippen LogP contribution is -2.34. The molecule has 32 heavy (non-hydrogen) atoms. The van der Waals surface area contributed by atoms with E-state index in [1.807, 2.05) is 42.5 Å². The summed E-state index contributed by atoms with van der Waals surface area (Å²) in [4.78, 5) is 14.4. The van der Waals surface area contributed by atoms with E-state index in [4.69, 9.17) is 9.47 Å². The zero-order chi connectivity index (χ0) is 22.1. The molecule has 162 valence electrons. The Morgan fingerprint density at radius 3 is 2.38 bits per heavy atom. The maximum absolute atomic E-state index is 12.0. The van der Waals surface area contributed by atoms with E-state index in [1.54, 1.807) is 6.07 Å². The van der Waals surface area contributed by atoms with Gasteiger partial charge in [0, 0.05) is 41.5 Å². The molecular formula is C27H25NO4. The molecule has 0 spiro atoms. The quantitative estimate of drug-likeness (QED) is 0.585. The Labute approximate surface area is 187 Å². The van der Waals surface area contributed by atoms with E-state index in [-0.39, 0.29) is 11.3 Å². The average molecular weight is 428 g/mol. The number of carbonyl (C=O) groups excluding carboxylic acids is 1. The molecule has 2 aliphatic rings. The van der Waals surface area contributed by atoms with Gasteiger partial charge in [0.25, 0.3) is 0 Å². The molecule has 1 unspecified atom stereocenters. The normalized spacial score (nSPS) is 19.3. The number of fused-ring (bicyclic) bond motifs is 1. The second-order valence-electron chi connectivity index (χ2n) is 8.18. The molecule has 0 saturated carbocycles. The minimum absolute atomic E-state index is 0.113. The molecular weight excluding hydrogens is 402 g/mol.